The Kier molecular flexibility index (Phi) is 2.84. The number of fused-ring (bicyclic) bond motifs is 7. The van der Waals surface area contributed by atoms with E-state index in [2.05, 4.69) is 0 Å². The Morgan fingerprint density at radius 1 is 0.459 bits per heavy atom. The lowest BCUT2D eigenvalue weighted by molar-refractivity contribution is 0.672. The molecular formula is C36H22O. The Hall–Kier alpha value is -4.88. The van der Waals surface area contributed by atoms with Gasteiger partial charge in [-0.25, -0.2) is 0 Å². The number of benzene rings is 7. The van der Waals surface area contributed by atoms with Crippen molar-refractivity contribution in [3.8, 4) is 22.3 Å². The topological polar surface area (TPSA) is 13.1 Å². The monoisotopic (exact) mass is 479 g/mol. The van der Waals surface area contributed by atoms with Crippen LogP contribution < -0.4 is 0 Å². The van der Waals surface area contributed by atoms with Gasteiger partial charge in [-0.2, -0.15) is 0 Å². The van der Waals surface area contributed by atoms with Crippen LogP contribution in [0.1, 0.15) is 12.3 Å². The van der Waals surface area contributed by atoms with Crippen LogP contribution in [-0.2, 0) is 0 Å². The zero-order valence-corrected chi connectivity index (χ0v) is 19.4. The lowest BCUT2D eigenvalue weighted by Gasteiger charge is -2.17. The Bertz CT molecular complexity index is 2570. The molecule has 1 nitrogen and oxygen atoms in total. The van der Waals surface area contributed by atoms with Crippen molar-refractivity contribution in [1.82, 2.24) is 0 Å². The first-order valence-corrected chi connectivity index (χ1v) is 12.0. The summed E-state index contributed by atoms with van der Waals surface area (Å²) >= 11 is 0. The summed E-state index contributed by atoms with van der Waals surface area (Å²) in [6, 6.07) is 22.0. The highest BCUT2D eigenvalue weighted by Crippen LogP contribution is 2.45. The van der Waals surface area contributed by atoms with Gasteiger partial charge in [-0.15, -0.1) is 0 Å². The van der Waals surface area contributed by atoms with E-state index in [0.717, 1.165) is 32.7 Å². The van der Waals surface area contributed by atoms with Crippen LogP contribution in [0.3, 0.4) is 0 Å². The molecule has 7 aromatic carbocycles. The molecule has 8 aromatic rings. The summed E-state index contributed by atoms with van der Waals surface area (Å²) in [7, 11) is 0. The first-order chi connectivity index (χ1) is 22.1. The highest BCUT2D eigenvalue weighted by atomic mass is 16.3. The molecule has 0 radical (unpaired) electrons. The number of hydrogen-bond acceptors (Lipinski definition) is 1. The van der Waals surface area contributed by atoms with Gasteiger partial charge in [0.05, 0.1) is 12.3 Å². The molecule has 0 amide bonds. The van der Waals surface area contributed by atoms with Crippen molar-refractivity contribution in [1.29, 1.82) is 0 Å². The van der Waals surface area contributed by atoms with Crippen molar-refractivity contribution in [3.05, 3.63) is 133 Å². The molecule has 1 heterocycles. The minimum atomic E-state index is -0.531. The molecule has 0 saturated heterocycles. The standard InChI is InChI=1S/C36H22O/c1-2-11-24(12-3-1)34-27-14-6-8-16-29(27)35(30-17-9-7-15-28(30)34)25-19-21-33-32(22-25)31-20-18-23-10-4-5-13-26(23)36(31)37-33/h1-22H/i4D,5D,10D,13D,18D,19D,20D,21D,22D. The average molecular weight is 480 g/mol. The summed E-state index contributed by atoms with van der Waals surface area (Å²) in [6.45, 7) is 0. The number of hydrogen-bond donors (Lipinski definition) is 0. The van der Waals surface area contributed by atoms with E-state index < -0.39 is 30.2 Å². The van der Waals surface area contributed by atoms with Gasteiger partial charge in [-0.05, 0) is 67.3 Å². The minimum Gasteiger partial charge on any atom is -0.455 e. The summed E-state index contributed by atoms with van der Waals surface area (Å²) in [4.78, 5) is 0. The summed E-state index contributed by atoms with van der Waals surface area (Å²) in [5.74, 6) is 0. The van der Waals surface area contributed by atoms with Crippen molar-refractivity contribution in [2.24, 2.45) is 0 Å². The van der Waals surface area contributed by atoms with E-state index in [0.29, 0.717) is 5.56 Å². The normalized spacial score (nSPS) is 15.2. The van der Waals surface area contributed by atoms with E-state index >= 15 is 0 Å². The lowest BCUT2D eigenvalue weighted by atomic mass is 9.86. The van der Waals surface area contributed by atoms with Crippen LogP contribution in [0.2, 0.25) is 0 Å². The fourth-order valence-electron chi connectivity index (χ4n) is 5.35. The van der Waals surface area contributed by atoms with Gasteiger partial charge in [0.25, 0.3) is 0 Å². The van der Waals surface area contributed by atoms with E-state index in [-0.39, 0.29) is 62.4 Å². The molecule has 0 spiro atoms. The Morgan fingerprint density at radius 3 is 1.78 bits per heavy atom. The Balaban J connectivity index is 1.60. The maximum absolute atomic E-state index is 9.57. The average Bonchev–Trinajstić information content (AvgIpc) is 3.48. The number of rotatable bonds is 2. The summed E-state index contributed by atoms with van der Waals surface area (Å²) in [5, 5.41) is 3.17. The van der Waals surface area contributed by atoms with Gasteiger partial charge >= 0.3 is 0 Å². The second-order valence-corrected chi connectivity index (χ2v) is 8.97. The molecule has 0 bridgehead atoms. The molecule has 37 heavy (non-hydrogen) atoms. The molecular weight excluding hydrogens is 448 g/mol. The lowest BCUT2D eigenvalue weighted by Crippen LogP contribution is -1.90. The van der Waals surface area contributed by atoms with E-state index in [1.54, 1.807) is 0 Å². The van der Waals surface area contributed by atoms with E-state index in [4.69, 9.17) is 14.0 Å². The predicted molar refractivity (Wildman–Crippen MR) is 157 cm³/mol. The maximum Gasteiger partial charge on any atom is 0.143 e. The fourth-order valence-corrected chi connectivity index (χ4v) is 5.35. The third-order valence-corrected chi connectivity index (χ3v) is 6.93. The van der Waals surface area contributed by atoms with Crippen molar-refractivity contribution in [3.63, 3.8) is 0 Å². The van der Waals surface area contributed by atoms with Crippen LogP contribution in [0.4, 0.5) is 0 Å². The molecule has 0 aliphatic heterocycles. The molecule has 8 rings (SSSR count). The van der Waals surface area contributed by atoms with Crippen molar-refractivity contribution in [2.45, 2.75) is 0 Å². The minimum absolute atomic E-state index is 0.00629. The predicted octanol–water partition coefficient (Wildman–Crippen LogP) is 10.4. The SMILES string of the molecule is [2H]c1c(-c2c3ccccc3c(-c3ccccc3)c3ccccc23)c([2H])c2c(oc3c4c([2H])c([2H])c([2H])c([2H])c4c([2H])c([2H])c32)c1[2H]. The molecule has 1 heteroatoms. The van der Waals surface area contributed by atoms with E-state index in [1.807, 2.05) is 78.9 Å². The van der Waals surface area contributed by atoms with Gasteiger partial charge < -0.3 is 4.42 Å². The molecule has 0 aliphatic rings. The fraction of sp³-hybridized carbons (Fsp3) is 0. The van der Waals surface area contributed by atoms with E-state index in [9.17, 15) is 2.74 Å². The number of furan rings is 1. The van der Waals surface area contributed by atoms with Crippen molar-refractivity contribution >= 4 is 54.3 Å². The molecule has 0 aliphatic carbocycles. The van der Waals surface area contributed by atoms with Crippen molar-refractivity contribution < 1.29 is 16.8 Å². The molecule has 0 N–H and O–H groups in total. The van der Waals surface area contributed by atoms with Gasteiger partial charge in [0.1, 0.15) is 11.2 Å². The summed E-state index contributed by atoms with van der Waals surface area (Å²) in [5.41, 5.74) is 2.53. The van der Waals surface area contributed by atoms with Crippen molar-refractivity contribution in [2.75, 3.05) is 0 Å². The summed E-state index contributed by atoms with van der Waals surface area (Å²) < 4.78 is 85.1. The molecule has 0 unspecified atom stereocenters. The largest absolute Gasteiger partial charge is 0.455 e. The first kappa shape index (κ1) is 13.4. The zero-order valence-electron chi connectivity index (χ0n) is 28.4. The molecule has 0 atom stereocenters. The molecule has 0 fully saturated rings. The third kappa shape index (κ3) is 2.98. The van der Waals surface area contributed by atoms with Crippen LogP contribution in [0, 0.1) is 0 Å². The van der Waals surface area contributed by atoms with Gasteiger partial charge in [0, 0.05) is 16.2 Å². The quantitative estimate of drug-likeness (QED) is 0.225. The van der Waals surface area contributed by atoms with Crippen LogP contribution in [0.15, 0.2) is 138 Å². The highest BCUT2D eigenvalue weighted by Gasteiger charge is 2.18. The van der Waals surface area contributed by atoms with Crippen LogP contribution in [-0.4, -0.2) is 0 Å². The highest BCUT2D eigenvalue weighted by molar-refractivity contribution is 6.22. The Labute approximate surface area is 226 Å². The van der Waals surface area contributed by atoms with Gasteiger partial charge in [-0.1, -0.05) is 115 Å². The zero-order chi connectivity index (χ0) is 32.2. The molecule has 0 saturated carbocycles. The maximum atomic E-state index is 9.57. The molecule has 1 aromatic heterocycles. The second-order valence-electron chi connectivity index (χ2n) is 8.97. The molecule has 172 valence electrons. The summed E-state index contributed by atoms with van der Waals surface area (Å²) in [6.07, 6.45) is 0. The second kappa shape index (κ2) is 7.81. The van der Waals surface area contributed by atoms with Crippen LogP contribution in [0.5, 0.6) is 0 Å². The van der Waals surface area contributed by atoms with E-state index in [1.165, 1.54) is 0 Å². The third-order valence-electron chi connectivity index (χ3n) is 6.93. The smallest absolute Gasteiger partial charge is 0.143 e. The first-order valence-electron chi connectivity index (χ1n) is 16.5. The van der Waals surface area contributed by atoms with Crippen LogP contribution in [0.25, 0.3) is 76.5 Å². The van der Waals surface area contributed by atoms with Crippen LogP contribution >= 0.6 is 0 Å². The van der Waals surface area contributed by atoms with Gasteiger partial charge in [0.2, 0.25) is 0 Å². The Morgan fingerprint density at radius 2 is 1.08 bits per heavy atom. The van der Waals surface area contributed by atoms with Gasteiger partial charge in [-0.3, -0.25) is 0 Å². The van der Waals surface area contributed by atoms with Gasteiger partial charge in [0.15, 0.2) is 0 Å².